The van der Waals surface area contributed by atoms with Crippen LogP contribution in [0.25, 0.3) is 0 Å². The van der Waals surface area contributed by atoms with E-state index in [9.17, 15) is 4.79 Å². The molecule has 0 bridgehead atoms. The van der Waals surface area contributed by atoms with Crippen LogP contribution < -0.4 is 5.32 Å². The van der Waals surface area contributed by atoms with E-state index in [4.69, 9.17) is 0 Å². The van der Waals surface area contributed by atoms with Crippen molar-refractivity contribution in [2.75, 3.05) is 11.9 Å². The lowest BCUT2D eigenvalue weighted by Crippen LogP contribution is -1.98. The van der Waals surface area contributed by atoms with Crippen LogP contribution >= 0.6 is 0 Å². The van der Waals surface area contributed by atoms with E-state index in [0.717, 1.165) is 6.54 Å². The first-order valence-corrected chi connectivity index (χ1v) is 3.54. The van der Waals surface area contributed by atoms with Gasteiger partial charge < -0.3 is 10.3 Å². The van der Waals surface area contributed by atoms with Crippen LogP contribution in [0.15, 0.2) is 6.20 Å². The number of rotatable bonds is 3. The average Bonchev–Trinajstić information content (AvgIpc) is 2.37. The second-order valence-electron chi connectivity index (χ2n) is 2.23. The fourth-order valence-corrected chi connectivity index (χ4v) is 0.757. The Kier molecular flexibility index (Phi) is 2.25. The molecule has 1 aromatic rings. The van der Waals surface area contributed by atoms with Gasteiger partial charge in [-0.3, -0.25) is 4.79 Å². The molecule has 0 spiro atoms. The van der Waals surface area contributed by atoms with Crippen molar-refractivity contribution in [2.24, 2.45) is 0 Å². The summed E-state index contributed by atoms with van der Waals surface area (Å²) in [4.78, 5) is 17.5. The van der Waals surface area contributed by atoms with Crippen LogP contribution in [0, 0.1) is 0 Å². The summed E-state index contributed by atoms with van der Waals surface area (Å²) in [7, 11) is 0. The Labute approximate surface area is 65.0 Å². The van der Waals surface area contributed by atoms with E-state index >= 15 is 0 Å². The summed E-state index contributed by atoms with van der Waals surface area (Å²) in [5.74, 6) is 0.652. The summed E-state index contributed by atoms with van der Waals surface area (Å²) in [6.45, 7) is 4.27. The molecule has 0 aromatic carbocycles. The smallest absolute Gasteiger partial charge is 0.200 e. The van der Waals surface area contributed by atoms with Crippen molar-refractivity contribution >= 4 is 11.7 Å². The number of H-pyrrole nitrogens is 1. The largest absolute Gasteiger partial charge is 0.356 e. The van der Waals surface area contributed by atoms with Gasteiger partial charge in [-0.05, 0) is 6.92 Å². The highest BCUT2D eigenvalue weighted by molar-refractivity contribution is 5.92. The number of Topliss-reactive ketones (excluding diaryl/α,β-unsaturated/α-hetero) is 1. The molecule has 0 saturated carbocycles. The van der Waals surface area contributed by atoms with Crippen LogP contribution in [-0.2, 0) is 0 Å². The fourth-order valence-electron chi connectivity index (χ4n) is 0.757. The number of anilines is 1. The maximum atomic E-state index is 10.8. The van der Waals surface area contributed by atoms with E-state index in [-0.39, 0.29) is 5.78 Å². The lowest BCUT2D eigenvalue weighted by Gasteiger charge is -1.94. The Balaban J connectivity index is 2.73. The molecule has 2 N–H and O–H groups in total. The molecule has 0 aliphatic rings. The molecule has 4 heteroatoms. The molecular weight excluding hydrogens is 142 g/mol. The minimum absolute atomic E-state index is 0.00153. The Bertz CT molecular complexity index is 254. The lowest BCUT2D eigenvalue weighted by molar-refractivity contribution is 0.101. The number of carbonyl (C=O) groups excluding carboxylic acids is 1. The number of imidazole rings is 1. The predicted octanol–water partition coefficient (Wildman–Crippen LogP) is 1.04. The number of aromatic nitrogens is 2. The zero-order valence-electron chi connectivity index (χ0n) is 6.64. The molecule has 0 radical (unpaired) electrons. The van der Waals surface area contributed by atoms with Gasteiger partial charge in [-0.2, -0.15) is 0 Å². The highest BCUT2D eigenvalue weighted by atomic mass is 16.1. The van der Waals surface area contributed by atoms with E-state index in [1.54, 1.807) is 0 Å². The number of ketones is 1. The Morgan fingerprint density at radius 1 is 1.82 bits per heavy atom. The number of hydrogen-bond acceptors (Lipinski definition) is 3. The second kappa shape index (κ2) is 3.18. The van der Waals surface area contributed by atoms with Gasteiger partial charge in [-0.25, -0.2) is 4.98 Å². The summed E-state index contributed by atoms with van der Waals surface area (Å²) in [5.41, 5.74) is 0.543. The summed E-state index contributed by atoms with van der Waals surface area (Å²) in [6.07, 6.45) is 1.53. The maximum Gasteiger partial charge on any atom is 0.200 e. The van der Waals surface area contributed by atoms with Crippen LogP contribution in [0.2, 0.25) is 0 Å². The van der Waals surface area contributed by atoms with E-state index in [1.165, 1.54) is 13.1 Å². The molecule has 1 heterocycles. The first-order valence-electron chi connectivity index (χ1n) is 3.54. The van der Waals surface area contributed by atoms with Crippen LogP contribution in [0.4, 0.5) is 5.95 Å². The molecule has 0 aliphatic heterocycles. The van der Waals surface area contributed by atoms with Gasteiger partial charge >= 0.3 is 0 Å². The second-order valence-corrected chi connectivity index (χ2v) is 2.23. The molecule has 11 heavy (non-hydrogen) atoms. The summed E-state index contributed by atoms with van der Waals surface area (Å²) in [6, 6.07) is 0. The minimum Gasteiger partial charge on any atom is -0.356 e. The number of carbonyl (C=O) groups is 1. The fraction of sp³-hybridized carbons (Fsp3) is 0.429. The summed E-state index contributed by atoms with van der Waals surface area (Å²) in [5, 5.41) is 2.96. The normalized spacial score (nSPS) is 9.64. The van der Waals surface area contributed by atoms with Crippen molar-refractivity contribution in [1.29, 1.82) is 0 Å². The van der Waals surface area contributed by atoms with Crippen molar-refractivity contribution in [3.8, 4) is 0 Å². The lowest BCUT2D eigenvalue weighted by atomic mass is 10.3. The van der Waals surface area contributed by atoms with Crippen LogP contribution in [0.1, 0.15) is 24.3 Å². The van der Waals surface area contributed by atoms with E-state index in [2.05, 4.69) is 15.3 Å². The SMILES string of the molecule is CCNc1ncc(C(C)=O)[nH]1. The summed E-state index contributed by atoms with van der Waals surface area (Å²) >= 11 is 0. The Morgan fingerprint density at radius 3 is 3.00 bits per heavy atom. The van der Waals surface area contributed by atoms with Crippen LogP contribution in [0.3, 0.4) is 0 Å². The number of hydrogen-bond donors (Lipinski definition) is 2. The number of nitrogens with one attached hydrogen (secondary N) is 2. The third-order valence-corrected chi connectivity index (χ3v) is 1.30. The van der Waals surface area contributed by atoms with Gasteiger partial charge in [0.05, 0.1) is 6.20 Å². The molecule has 1 rings (SSSR count). The van der Waals surface area contributed by atoms with Gasteiger partial charge in [0.15, 0.2) is 5.78 Å². The third kappa shape index (κ3) is 1.80. The molecule has 60 valence electrons. The minimum atomic E-state index is 0.00153. The van der Waals surface area contributed by atoms with Gasteiger partial charge in [0.25, 0.3) is 0 Å². The van der Waals surface area contributed by atoms with Crippen LogP contribution in [0.5, 0.6) is 0 Å². The molecule has 0 atom stereocenters. The van der Waals surface area contributed by atoms with Gasteiger partial charge in [-0.1, -0.05) is 0 Å². The van der Waals surface area contributed by atoms with Gasteiger partial charge in [-0.15, -0.1) is 0 Å². The monoisotopic (exact) mass is 153 g/mol. The topological polar surface area (TPSA) is 57.8 Å². The zero-order valence-corrected chi connectivity index (χ0v) is 6.64. The summed E-state index contributed by atoms with van der Waals surface area (Å²) < 4.78 is 0. The Hall–Kier alpha value is -1.32. The van der Waals surface area contributed by atoms with Gasteiger partial charge in [0, 0.05) is 13.5 Å². The Morgan fingerprint density at radius 2 is 2.55 bits per heavy atom. The van der Waals surface area contributed by atoms with Crippen molar-refractivity contribution in [1.82, 2.24) is 9.97 Å². The quantitative estimate of drug-likeness (QED) is 0.638. The molecule has 0 fully saturated rings. The van der Waals surface area contributed by atoms with Gasteiger partial charge in [0.2, 0.25) is 5.95 Å². The molecule has 1 aromatic heterocycles. The molecule has 0 amide bonds. The van der Waals surface area contributed by atoms with Gasteiger partial charge in [0.1, 0.15) is 5.69 Å². The first kappa shape index (κ1) is 7.78. The average molecular weight is 153 g/mol. The molecule has 0 saturated heterocycles. The number of aromatic amines is 1. The van der Waals surface area contributed by atoms with E-state index in [1.807, 2.05) is 6.92 Å². The molecule has 0 aliphatic carbocycles. The predicted molar refractivity (Wildman–Crippen MR) is 42.8 cm³/mol. The third-order valence-electron chi connectivity index (χ3n) is 1.30. The van der Waals surface area contributed by atoms with Crippen LogP contribution in [-0.4, -0.2) is 22.3 Å². The van der Waals surface area contributed by atoms with E-state index < -0.39 is 0 Å². The zero-order chi connectivity index (χ0) is 8.27. The highest BCUT2D eigenvalue weighted by Crippen LogP contribution is 2.01. The van der Waals surface area contributed by atoms with Crippen molar-refractivity contribution in [2.45, 2.75) is 13.8 Å². The number of nitrogens with zero attached hydrogens (tertiary/aromatic N) is 1. The molecular formula is C7H11N3O. The molecule has 0 unspecified atom stereocenters. The van der Waals surface area contributed by atoms with E-state index in [0.29, 0.717) is 11.6 Å². The van der Waals surface area contributed by atoms with Crippen molar-refractivity contribution in [3.05, 3.63) is 11.9 Å². The van der Waals surface area contributed by atoms with Crippen molar-refractivity contribution < 1.29 is 4.79 Å². The standard InChI is InChI=1S/C7H11N3O/c1-3-8-7-9-4-6(10-7)5(2)11/h4H,3H2,1-2H3,(H2,8,9,10). The first-order chi connectivity index (χ1) is 5.24. The highest BCUT2D eigenvalue weighted by Gasteiger charge is 2.02. The maximum absolute atomic E-state index is 10.8. The van der Waals surface area contributed by atoms with Crippen molar-refractivity contribution in [3.63, 3.8) is 0 Å². The molecule has 4 nitrogen and oxygen atoms in total.